The first-order chi connectivity index (χ1) is 5.13. The average Bonchev–Trinajstić information content (AvgIpc) is 1.85. The van der Waals surface area contributed by atoms with Crippen LogP contribution in [-0.2, 0) is 4.74 Å². The molecule has 0 N–H and O–H groups in total. The van der Waals surface area contributed by atoms with Crippen molar-refractivity contribution >= 4 is 15.8 Å². The third-order valence-corrected chi connectivity index (χ3v) is 3.52. The molecule has 0 heterocycles. The Morgan fingerprint density at radius 3 is 1.45 bits per heavy atom. The molecule has 0 saturated heterocycles. The van der Waals surface area contributed by atoms with Crippen molar-refractivity contribution in [3.63, 3.8) is 0 Å². The van der Waals surface area contributed by atoms with Crippen molar-refractivity contribution in [1.82, 2.24) is 0 Å². The van der Waals surface area contributed by atoms with E-state index in [-0.39, 0.29) is 15.8 Å². The molecule has 0 amide bonds. The fraction of sp³-hybridized carbons (Fsp3) is 1.00. The summed E-state index contributed by atoms with van der Waals surface area (Å²) in [6.45, 7) is 11.1. The molecule has 0 saturated carbocycles. The highest BCUT2D eigenvalue weighted by molar-refractivity contribution is 7.56. The van der Waals surface area contributed by atoms with E-state index < -0.39 is 0 Å². The second kappa shape index (κ2) is 7.47. The van der Waals surface area contributed by atoms with Crippen LogP contribution in [0.15, 0.2) is 0 Å². The molecule has 0 aromatic heterocycles. The third-order valence-electron chi connectivity index (χ3n) is 1.37. The molecule has 0 aliphatic heterocycles. The Bertz CT molecular complexity index is 74.2. The van der Waals surface area contributed by atoms with Crippen molar-refractivity contribution in [1.29, 1.82) is 0 Å². The van der Waals surface area contributed by atoms with Crippen molar-refractivity contribution < 1.29 is 4.74 Å². The summed E-state index contributed by atoms with van der Waals surface area (Å²) >= 11 is 0. The van der Waals surface area contributed by atoms with Gasteiger partial charge in [0.05, 0.1) is 13.2 Å². The summed E-state index contributed by atoms with van der Waals surface area (Å²) in [5, 5.41) is 0. The predicted molar refractivity (Wildman–Crippen MR) is 58.1 cm³/mol. The van der Waals surface area contributed by atoms with Gasteiger partial charge in [-0.2, -0.15) is 0 Å². The number of ether oxygens (including phenoxy) is 1. The molecule has 0 spiro atoms. The maximum absolute atomic E-state index is 5.49. The second-order valence-electron chi connectivity index (χ2n) is 3.22. The van der Waals surface area contributed by atoms with Crippen LogP contribution in [-0.4, -0.2) is 52.2 Å². The lowest BCUT2D eigenvalue weighted by Crippen LogP contribution is -2.02. The highest BCUT2D eigenvalue weighted by Gasteiger charge is 1.94. The molecule has 68 valence electrons. The van der Waals surface area contributed by atoms with Crippen LogP contribution in [0.5, 0.6) is 0 Å². The predicted octanol–water partition coefficient (Wildman–Crippen LogP) is 2.49. The molecule has 0 radical (unpaired) electrons. The van der Waals surface area contributed by atoms with Crippen molar-refractivity contribution in [2.24, 2.45) is 0 Å². The van der Waals surface area contributed by atoms with Crippen molar-refractivity contribution in [3.05, 3.63) is 0 Å². The van der Waals surface area contributed by atoms with Crippen molar-refractivity contribution in [3.8, 4) is 0 Å². The van der Waals surface area contributed by atoms with E-state index in [9.17, 15) is 0 Å². The van der Waals surface area contributed by atoms with Crippen LogP contribution in [0.1, 0.15) is 0 Å². The summed E-state index contributed by atoms with van der Waals surface area (Å²) in [4.78, 5) is 0. The van der Waals surface area contributed by atoms with Gasteiger partial charge < -0.3 is 4.74 Å². The fourth-order valence-electron chi connectivity index (χ4n) is 0.596. The minimum atomic E-state index is 0.248. The van der Waals surface area contributed by atoms with Gasteiger partial charge in [-0.1, -0.05) is 0 Å². The zero-order chi connectivity index (χ0) is 8.69. The molecule has 0 fully saturated rings. The molecular weight excluding hydrogens is 174 g/mol. The van der Waals surface area contributed by atoms with E-state index in [1.165, 1.54) is 12.3 Å². The third kappa shape index (κ3) is 10.8. The normalized spacial score (nSPS) is 11.5. The molecule has 0 bridgehead atoms. The van der Waals surface area contributed by atoms with E-state index in [0.717, 1.165) is 13.2 Å². The van der Waals surface area contributed by atoms with Crippen LogP contribution in [0.25, 0.3) is 0 Å². The Kier molecular flexibility index (Phi) is 8.02. The summed E-state index contributed by atoms with van der Waals surface area (Å²) in [5.41, 5.74) is 0. The number of hydrogen-bond donors (Lipinski definition) is 0. The summed E-state index contributed by atoms with van der Waals surface area (Å²) in [5.74, 6) is 0. The van der Waals surface area contributed by atoms with Gasteiger partial charge in [-0.3, -0.25) is 0 Å². The van der Waals surface area contributed by atoms with Gasteiger partial charge in [-0.15, -0.1) is 15.8 Å². The largest absolute Gasteiger partial charge is 0.381 e. The second-order valence-corrected chi connectivity index (χ2v) is 8.43. The zero-order valence-electron chi connectivity index (χ0n) is 8.13. The highest BCUT2D eigenvalue weighted by Crippen LogP contribution is 2.24. The Labute approximate surface area is 73.4 Å². The molecule has 11 heavy (non-hydrogen) atoms. The molecule has 0 aliphatic carbocycles. The van der Waals surface area contributed by atoms with Crippen LogP contribution in [0.3, 0.4) is 0 Å². The lowest BCUT2D eigenvalue weighted by Gasteiger charge is -2.08. The molecule has 0 rings (SSSR count). The summed E-state index contributed by atoms with van der Waals surface area (Å²) < 4.78 is 5.49. The van der Waals surface area contributed by atoms with E-state index in [0.29, 0.717) is 0 Å². The van der Waals surface area contributed by atoms with Gasteiger partial charge in [0.1, 0.15) is 0 Å². The van der Waals surface area contributed by atoms with Crippen LogP contribution < -0.4 is 0 Å². The van der Waals surface area contributed by atoms with Gasteiger partial charge in [0.2, 0.25) is 0 Å². The van der Waals surface area contributed by atoms with Gasteiger partial charge >= 0.3 is 0 Å². The zero-order valence-corrected chi connectivity index (χ0v) is 9.92. The van der Waals surface area contributed by atoms with E-state index in [1.807, 2.05) is 0 Å². The fourth-order valence-corrected chi connectivity index (χ4v) is 1.58. The van der Waals surface area contributed by atoms with Crippen LogP contribution in [0.2, 0.25) is 0 Å². The molecule has 0 aliphatic rings. The monoisotopic (exact) mass is 194 g/mol. The van der Waals surface area contributed by atoms with Crippen LogP contribution >= 0.6 is 15.8 Å². The Morgan fingerprint density at radius 2 is 1.18 bits per heavy atom. The molecule has 0 unspecified atom stereocenters. The maximum Gasteiger partial charge on any atom is 0.0505 e. The first-order valence-electron chi connectivity index (χ1n) is 4.00. The van der Waals surface area contributed by atoms with Crippen LogP contribution in [0, 0.1) is 0 Å². The molecule has 0 atom stereocenters. The Balaban J connectivity index is 2.91. The van der Waals surface area contributed by atoms with Gasteiger partial charge in [0.15, 0.2) is 0 Å². The topological polar surface area (TPSA) is 9.23 Å². The smallest absolute Gasteiger partial charge is 0.0505 e. The van der Waals surface area contributed by atoms with Gasteiger partial charge in [0.25, 0.3) is 0 Å². The molecule has 3 heteroatoms. The molecular formula is C8H20OP2. The van der Waals surface area contributed by atoms with Gasteiger partial charge in [-0.05, 0) is 39.0 Å². The standard InChI is InChI=1S/C8H20OP2/c1-10(2)7-5-9-6-8-11(3)4/h5-8H2,1-4H3. The Hall–Kier alpha value is 0.820. The van der Waals surface area contributed by atoms with E-state index in [2.05, 4.69) is 26.7 Å². The van der Waals surface area contributed by atoms with Gasteiger partial charge in [-0.25, -0.2) is 0 Å². The lowest BCUT2D eigenvalue weighted by atomic mass is 10.8. The summed E-state index contributed by atoms with van der Waals surface area (Å²) in [6.07, 6.45) is 2.53. The first-order valence-corrected chi connectivity index (χ1v) is 8.84. The minimum absolute atomic E-state index is 0.248. The summed E-state index contributed by atoms with van der Waals surface area (Å²) in [6, 6.07) is 0. The Morgan fingerprint density at radius 1 is 0.818 bits per heavy atom. The summed E-state index contributed by atoms with van der Waals surface area (Å²) in [7, 11) is 0.496. The molecule has 1 nitrogen and oxygen atoms in total. The quantitative estimate of drug-likeness (QED) is 0.466. The van der Waals surface area contributed by atoms with E-state index in [1.54, 1.807) is 0 Å². The van der Waals surface area contributed by atoms with E-state index in [4.69, 9.17) is 4.74 Å². The lowest BCUT2D eigenvalue weighted by molar-refractivity contribution is 0.166. The molecule has 0 aromatic rings. The maximum atomic E-state index is 5.49. The van der Waals surface area contributed by atoms with E-state index >= 15 is 0 Å². The number of hydrogen-bond acceptors (Lipinski definition) is 1. The number of rotatable bonds is 6. The van der Waals surface area contributed by atoms with Gasteiger partial charge in [0, 0.05) is 0 Å². The first kappa shape index (κ1) is 11.8. The van der Waals surface area contributed by atoms with Crippen LogP contribution in [0.4, 0.5) is 0 Å². The van der Waals surface area contributed by atoms with Crippen molar-refractivity contribution in [2.75, 3.05) is 52.2 Å². The SMILES string of the molecule is CP(C)CCOCCP(C)C. The average molecular weight is 194 g/mol. The molecule has 0 aromatic carbocycles. The van der Waals surface area contributed by atoms with Crippen molar-refractivity contribution in [2.45, 2.75) is 0 Å². The minimum Gasteiger partial charge on any atom is -0.381 e. The highest BCUT2D eigenvalue weighted by atomic mass is 31.1.